The van der Waals surface area contributed by atoms with Crippen LogP contribution in [-0.2, 0) is 14.3 Å². The number of hydrogen-bond acceptors (Lipinski definition) is 5. The fourth-order valence-corrected chi connectivity index (χ4v) is 2.52. The summed E-state index contributed by atoms with van der Waals surface area (Å²) in [7, 11) is 1.49. The summed E-state index contributed by atoms with van der Waals surface area (Å²) in [6.45, 7) is 4.70. The van der Waals surface area contributed by atoms with Crippen LogP contribution in [0.4, 0.5) is 0 Å². The number of hydrogen-bond donors (Lipinski definition) is 1. The van der Waals surface area contributed by atoms with Gasteiger partial charge in [0, 0.05) is 24.3 Å². The first kappa shape index (κ1) is 15.8. The van der Waals surface area contributed by atoms with E-state index in [0.717, 1.165) is 0 Å². The maximum Gasteiger partial charge on any atom is 0.303 e. The van der Waals surface area contributed by atoms with E-state index in [1.807, 2.05) is 0 Å². The number of aromatic amines is 1. The molecule has 6 heteroatoms. The van der Waals surface area contributed by atoms with E-state index >= 15 is 0 Å². The highest BCUT2D eigenvalue weighted by molar-refractivity contribution is 6.23. The van der Waals surface area contributed by atoms with Gasteiger partial charge in [-0.15, -0.1) is 0 Å². The van der Waals surface area contributed by atoms with Crippen LogP contribution in [0.15, 0.2) is 24.1 Å². The first-order valence-electron chi connectivity index (χ1n) is 6.77. The molecule has 0 spiro atoms. The average molecular weight is 303 g/mol. The third kappa shape index (κ3) is 2.72. The van der Waals surface area contributed by atoms with Gasteiger partial charge in [0.15, 0.2) is 5.78 Å². The molecule has 1 unspecified atom stereocenters. The lowest BCUT2D eigenvalue weighted by Gasteiger charge is -2.19. The van der Waals surface area contributed by atoms with Gasteiger partial charge in [0.1, 0.15) is 6.10 Å². The number of ether oxygens (including phenoxy) is 2. The summed E-state index contributed by atoms with van der Waals surface area (Å²) >= 11 is 0. The maximum atomic E-state index is 12.1. The lowest BCUT2D eigenvalue weighted by molar-refractivity contribution is -0.143. The van der Waals surface area contributed by atoms with E-state index in [4.69, 9.17) is 9.47 Å². The van der Waals surface area contributed by atoms with Crippen molar-refractivity contribution in [2.75, 3.05) is 7.11 Å². The SMILES string of the molecule is COC(C)=C(c1c[nH]c2c1C(=O)C=CC2=O)C(C)OC(C)=O. The monoisotopic (exact) mass is 303 g/mol. The fourth-order valence-electron chi connectivity index (χ4n) is 2.52. The molecule has 1 N–H and O–H groups in total. The van der Waals surface area contributed by atoms with Crippen molar-refractivity contribution in [2.24, 2.45) is 0 Å². The molecule has 0 aliphatic heterocycles. The number of aromatic nitrogens is 1. The molecule has 1 heterocycles. The fraction of sp³-hybridized carbons (Fsp3) is 0.312. The molecule has 2 rings (SSSR count). The second kappa shape index (κ2) is 6.01. The molecule has 0 saturated heterocycles. The molecule has 1 atom stereocenters. The number of esters is 1. The van der Waals surface area contributed by atoms with Crippen LogP contribution < -0.4 is 0 Å². The quantitative estimate of drug-likeness (QED) is 0.681. The number of H-pyrrole nitrogens is 1. The minimum atomic E-state index is -0.619. The standard InChI is InChI=1S/C16H17NO5/c1-8(21-4)14(9(2)22-10(3)18)11-7-17-16-13(20)6-5-12(19)15(11)16/h5-7,9,17H,1-4H3. The van der Waals surface area contributed by atoms with E-state index in [-0.39, 0.29) is 22.8 Å². The summed E-state index contributed by atoms with van der Waals surface area (Å²) in [5, 5.41) is 0. The Labute approximate surface area is 127 Å². The summed E-state index contributed by atoms with van der Waals surface area (Å²) in [4.78, 5) is 38.0. The molecule has 0 bridgehead atoms. The van der Waals surface area contributed by atoms with Crippen LogP contribution in [0.1, 0.15) is 47.2 Å². The van der Waals surface area contributed by atoms with Gasteiger partial charge in [-0.25, -0.2) is 0 Å². The summed E-state index contributed by atoms with van der Waals surface area (Å²) in [5.41, 5.74) is 1.56. The normalized spacial score (nSPS) is 16.0. The van der Waals surface area contributed by atoms with Crippen LogP contribution in [-0.4, -0.2) is 35.7 Å². The van der Waals surface area contributed by atoms with Crippen LogP contribution in [0.2, 0.25) is 0 Å². The van der Waals surface area contributed by atoms with Gasteiger partial charge in [0.2, 0.25) is 5.78 Å². The highest BCUT2D eigenvalue weighted by Crippen LogP contribution is 2.32. The largest absolute Gasteiger partial charge is 0.501 e. The second-order valence-corrected chi connectivity index (χ2v) is 4.94. The Morgan fingerprint density at radius 3 is 2.41 bits per heavy atom. The maximum absolute atomic E-state index is 12.1. The van der Waals surface area contributed by atoms with Gasteiger partial charge in [0.25, 0.3) is 0 Å². The summed E-state index contributed by atoms with van der Waals surface area (Å²) in [6, 6.07) is 0. The number of nitrogens with one attached hydrogen (secondary N) is 1. The molecule has 0 fully saturated rings. The van der Waals surface area contributed by atoms with Crippen LogP contribution in [0.25, 0.3) is 5.57 Å². The molecule has 1 aliphatic rings. The Hall–Kier alpha value is -2.63. The molecule has 0 radical (unpaired) electrons. The Bertz CT molecular complexity index is 708. The molecule has 6 nitrogen and oxygen atoms in total. The minimum absolute atomic E-state index is 0.235. The topological polar surface area (TPSA) is 85.5 Å². The number of ketones is 2. The van der Waals surface area contributed by atoms with Gasteiger partial charge in [-0.3, -0.25) is 14.4 Å². The Balaban J connectivity index is 2.59. The van der Waals surface area contributed by atoms with Gasteiger partial charge in [-0.05, 0) is 26.0 Å². The van der Waals surface area contributed by atoms with Crippen molar-refractivity contribution in [2.45, 2.75) is 26.9 Å². The Morgan fingerprint density at radius 1 is 1.18 bits per heavy atom. The van der Waals surface area contributed by atoms with E-state index in [0.29, 0.717) is 16.9 Å². The molecule has 0 saturated carbocycles. The zero-order chi connectivity index (χ0) is 16.4. The number of fused-ring (bicyclic) bond motifs is 1. The van der Waals surface area contributed by atoms with Crippen molar-refractivity contribution in [3.8, 4) is 0 Å². The number of allylic oxidation sites excluding steroid dienone is 3. The summed E-state index contributed by atoms with van der Waals surface area (Å²) in [6.07, 6.45) is 3.41. The van der Waals surface area contributed by atoms with E-state index < -0.39 is 12.1 Å². The number of carbonyl (C=O) groups is 3. The lowest BCUT2D eigenvalue weighted by atomic mass is 9.92. The van der Waals surface area contributed by atoms with Gasteiger partial charge >= 0.3 is 5.97 Å². The molecule has 22 heavy (non-hydrogen) atoms. The Kier molecular flexibility index (Phi) is 4.30. The molecule has 1 aromatic heterocycles. The van der Waals surface area contributed by atoms with Crippen LogP contribution in [0, 0.1) is 0 Å². The van der Waals surface area contributed by atoms with E-state index in [1.165, 1.54) is 26.2 Å². The van der Waals surface area contributed by atoms with Crippen LogP contribution >= 0.6 is 0 Å². The first-order chi connectivity index (χ1) is 10.4. The average Bonchev–Trinajstić information content (AvgIpc) is 2.88. The summed E-state index contributed by atoms with van der Waals surface area (Å²) in [5.74, 6) is -0.483. The molecular formula is C16H17NO5. The van der Waals surface area contributed by atoms with Gasteiger partial charge in [-0.2, -0.15) is 0 Å². The molecule has 0 amide bonds. The van der Waals surface area contributed by atoms with E-state index in [1.54, 1.807) is 20.0 Å². The molecular weight excluding hydrogens is 286 g/mol. The number of methoxy groups -OCH3 is 1. The minimum Gasteiger partial charge on any atom is -0.501 e. The van der Waals surface area contributed by atoms with Crippen molar-refractivity contribution >= 4 is 23.1 Å². The molecule has 0 aromatic carbocycles. The molecule has 1 aliphatic carbocycles. The number of rotatable bonds is 4. The second-order valence-electron chi connectivity index (χ2n) is 4.94. The third-order valence-corrected chi connectivity index (χ3v) is 3.48. The predicted molar refractivity (Wildman–Crippen MR) is 79.4 cm³/mol. The highest BCUT2D eigenvalue weighted by Gasteiger charge is 2.29. The van der Waals surface area contributed by atoms with Crippen LogP contribution in [0.5, 0.6) is 0 Å². The van der Waals surface area contributed by atoms with Crippen molar-refractivity contribution in [3.05, 3.63) is 40.9 Å². The first-order valence-corrected chi connectivity index (χ1v) is 6.77. The van der Waals surface area contributed by atoms with Gasteiger partial charge in [-0.1, -0.05) is 0 Å². The van der Waals surface area contributed by atoms with E-state index in [2.05, 4.69) is 4.98 Å². The van der Waals surface area contributed by atoms with Crippen molar-refractivity contribution in [1.82, 2.24) is 4.98 Å². The van der Waals surface area contributed by atoms with Crippen LogP contribution in [0.3, 0.4) is 0 Å². The van der Waals surface area contributed by atoms with Crippen molar-refractivity contribution < 1.29 is 23.9 Å². The Morgan fingerprint density at radius 2 is 1.82 bits per heavy atom. The van der Waals surface area contributed by atoms with Gasteiger partial charge in [0.05, 0.1) is 24.1 Å². The smallest absolute Gasteiger partial charge is 0.303 e. The van der Waals surface area contributed by atoms with Crippen molar-refractivity contribution in [1.29, 1.82) is 0 Å². The van der Waals surface area contributed by atoms with Gasteiger partial charge < -0.3 is 14.5 Å². The zero-order valence-corrected chi connectivity index (χ0v) is 12.9. The third-order valence-electron chi connectivity index (χ3n) is 3.48. The highest BCUT2D eigenvalue weighted by atomic mass is 16.5. The van der Waals surface area contributed by atoms with Crippen molar-refractivity contribution in [3.63, 3.8) is 0 Å². The number of carbonyl (C=O) groups excluding carboxylic acids is 3. The molecule has 116 valence electrons. The zero-order valence-electron chi connectivity index (χ0n) is 12.9. The lowest BCUT2D eigenvalue weighted by Crippen LogP contribution is -2.18. The van der Waals surface area contributed by atoms with E-state index in [9.17, 15) is 14.4 Å². The predicted octanol–water partition coefficient (Wildman–Crippen LogP) is 2.28. The molecule has 1 aromatic rings. The summed E-state index contributed by atoms with van der Waals surface area (Å²) < 4.78 is 10.5.